The molecule has 0 saturated heterocycles. The monoisotopic (exact) mass is 306 g/mol. The number of likely N-dealkylation sites (N-methyl/N-ethyl adjacent to an activating group) is 1. The van der Waals surface area contributed by atoms with Crippen LogP contribution >= 0.6 is 11.3 Å². The minimum atomic E-state index is 0.105. The molecule has 2 heterocycles. The molecule has 0 aromatic carbocycles. The van der Waals surface area contributed by atoms with Gasteiger partial charge in [0.25, 0.3) is 5.91 Å². The summed E-state index contributed by atoms with van der Waals surface area (Å²) < 4.78 is 5.28. The molecule has 5 heteroatoms. The first-order chi connectivity index (χ1) is 10.1. The van der Waals surface area contributed by atoms with Crippen molar-refractivity contribution in [2.75, 3.05) is 20.2 Å². The fourth-order valence-electron chi connectivity index (χ4n) is 3.19. The van der Waals surface area contributed by atoms with Crippen molar-refractivity contribution >= 4 is 17.2 Å². The molecule has 21 heavy (non-hydrogen) atoms. The van der Waals surface area contributed by atoms with Gasteiger partial charge < -0.3 is 9.64 Å². The Hall–Kier alpha value is -1.36. The van der Waals surface area contributed by atoms with Crippen LogP contribution in [0.15, 0.2) is 11.8 Å². The number of aromatic nitrogens is 1. The van der Waals surface area contributed by atoms with Crippen LogP contribution in [0.3, 0.4) is 0 Å². The zero-order valence-electron chi connectivity index (χ0n) is 12.7. The normalized spacial score (nSPS) is 21.2. The third-order valence-corrected chi connectivity index (χ3v) is 5.27. The molecule has 0 saturated carbocycles. The van der Waals surface area contributed by atoms with Crippen molar-refractivity contribution in [3.05, 3.63) is 27.4 Å². The number of ether oxygens (including phenoxy) is 1. The number of aryl methyl sites for hydroxylation is 2. The van der Waals surface area contributed by atoms with Gasteiger partial charge in [-0.15, -0.1) is 11.3 Å². The molecule has 0 unspecified atom stereocenters. The number of fused-ring (bicyclic) bond motifs is 1. The van der Waals surface area contributed by atoms with Crippen LogP contribution in [0.4, 0.5) is 0 Å². The van der Waals surface area contributed by atoms with Crippen LogP contribution in [0, 0.1) is 6.92 Å². The van der Waals surface area contributed by atoms with Crippen LogP contribution in [0.2, 0.25) is 0 Å². The van der Waals surface area contributed by atoms with E-state index in [0.29, 0.717) is 5.92 Å². The Balaban J connectivity index is 1.69. The summed E-state index contributed by atoms with van der Waals surface area (Å²) in [6.07, 6.45) is 6.88. The summed E-state index contributed by atoms with van der Waals surface area (Å²) >= 11 is 1.81. The molecular formula is C16H22N2O2S. The Labute approximate surface area is 129 Å². The fraction of sp³-hybridized carbons (Fsp3) is 0.625. The van der Waals surface area contributed by atoms with Crippen molar-refractivity contribution in [1.29, 1.82) is 0 Å². The number of carbonyl (C=O) groups excluding carboxylic acids is 1. The summed E-state index contributed by atoms with van der Waals surface area (Å²) in [5, 5.41) is 1.14. The predicted molar refractivity (Wildman–Crippen MR) is 83.4 cm³/mol. The van der Waals surface area contributed by atoms with Crippen molar-refractivity contribution in [1.82, 2.24) is 9.88 Å². The van der Waals surface area contributed by atoms with Crippen molar-refractivity contribution < 1.29 is 9.53 Å². The lowest BCUT2D eigenvalue weighted by atomic mass is 9.90. The number of hydrogen-bond acceptors (Lipinski definition) is 4. The number of thiazole rings is 1. The molecule has 0 N–H and O–H groups in total. The second kappa shape index (κ2) is 6.18. The summed E-state index contributed by atoms with van der Waals surface area (Å²) in [6, 6.07) is 0. The minimum absolute atomic E-state index is 0.105. The topological polar surface area (TPSA) is 42.4 Å². The van der Waals surface area contributed by atoms with Gasteiger partial charge in [0.05, 0.1) is 29.1 Å². The fourth-order valence-corrected chi connectivity index (χ4v) is 4.25. The largest absolute Gasteiger partial charge is 0.501 e. The van der Waals surface area contributed by atoms with Crippen molar-refractivity contribution in [3.63, 3.8) is 0 Å². The Bertz CT molecular complexity index is 565. The van der Waals surface area contributed by atoms with Crippen LogP contribution in [0.1, 0.15) is 47.2 Å². The first-order valence-electron chi connectivity index (χ1n) is 7.67. The molecule has 0 bridgehead atoms. The number of rotatable bonds is 3. The molecule has 114 valence electrons. The van der Waals surface area contributed by atoms with Crippen LogP contribution in [-0.2, 0) is 16.0 Å². The predicted octanol–water partition coefficient (Wildman–Crippen LogP) is 3.02. The second-order valence-electron chi connectivity index (χ2n) is 5.93. The van der Waals surface area contributed by atoms with Crippen LogP contribution in [0.25, 0.3) is 0 Å². The molecule has 0 radical (unpaired) electrons. The van der Waals surface area contributed by atoms with E-state index in [2.05, 4.69) is 6.92 Å². The number of amides is 1. The number of hydrogen-bond donors (Lipinski definition) is 0. The summed E-state index contributed by atoms with van der Waals surface area (Å²) in [7, 11) is 1.89. The first-order valence-corrected chi connectivity index (χ1v) is 8.49. The molecular weight excluding hydrogens is 284 g/mol. The summed E-state index contributed by atoms with van der Waals surface area (Å²) in [4.78, 5) is 20.4. The average Bonchev–Trinajstić information content (AvgIpc) is 2.88. The number of nitrogens with zero attached hydrogens (tertiary/aromatic N) is 2. The Kier molecular flexibility index (Phi) is 4.29. The lowest BCUT2D eigenvalue weighted by Crippen LogP contribution is -2.33. The second-order valence-corrected chi connectivity index (χ2v) is 7.22. The molecule has 2 aliphatic rings. The minimum Gasteiger partial charge on any atom is -0.501 e. The van der Waals surface area contributed by atoms with E-state index < -0.39 is 0 Å². The van der Waals surface area contributed by atoms with Gasteiger partial charge in [0.1, 0.15) is 0 Å². The van der Waals surface area contributed by atoms with E-state index in [1.807, 2.05) is 23.3 Å². The SMILES string of the molecule is Cc1nc2c(s1)CCC[C@@H]2CN(C)C(=O)C1=COCCC1. The van der Waals surface area contributed by atoms with Gasteiger partial charge in [-0.2, -0.15) is 0 Å². The van der Waals surface area contributed by atoms with E-state index in [1.165, 1.54) is 17.0 Å². The van der Waals surface area contributed by atoms with Gasteiger partial charge in [-0.25, -0.2) is 4.98 Å². The van der Waals surface area contributed by atoms with Gasteiger partial charge in [0.15, 0.2) is 0 Å². The van der Waals surface area contributed by atoms with Crippen LogP contribution < -0.4 is 0 Å². The zero-order valence-corrected chi connectivity index (χ0v) is 13.5. The smallest absolute Gasteiger partial charge is 0.252 e. The highest BCUT2D eigenvalue weighted by Gasteiger charge is 2.27. The molecule has 1 aliphatic heterocycles. The van der Waals surface area contributed by atoms with E-state index in [4.69, 9.17) is 9.72 Å². The molecule has 1 amide bonds. The molecule has 3 rings (SSSR count). The zero-order chi connectivity index (χ0) is 14.8. The highest BCUT2D eigenvalue weighted by Crippen LogP contribution is 2.35. The van der Waals surface area contributed by atoms with Crippen molar-refractivity contribution in [3.8, 4) is 0 Å². The number of carbonyl (C=O) groups is 1. The molecule has 1 atom stereocenters. The van der Waals surface area contributed by atoms with E-state index in [-0.39, 0.29) is 5.91 Å². The van der Waals surface area contributed by atoms with Gasteiger partial charge in [0, 0.05) is 24.4 Å². The van der Waals surface area contributed by atoms with Gasteiger partial charge in [-0.05, 0) is 39.0 Å². The Morgan fingerprint density at radius 1 is 1.48 bits per heavy atom. The van der Waals surface area contributed by atoms with E-state index in [0.717, 1.165) is 49.4 Å². The molecule has 1 aromatic heterocycles. The standard InChI is InChI=1S/C16H22N2O2S/c1-11-17-15-12(5-3-7-14(15)21-11)9-18(2)16(19)13-6-4-8-20-10-13/h10,12H,3-9H2,1-2H3/t12-/m1/s1. The summed E-state index contributed by atoms with van der Waals surface area (Å²) in [5.74, 6) is 0.492. The van der Waals surface area contributed by atoms with Crippen LogP contribution in [-0.4, -0.2) is 36.0 Å². The van der Waals surface area contributed by atoms with Gasteiger partial charge >= 0.3 is 0 Å². The molecule has 0 spiro atoms. The maximum atomic E-state index is 12.4. The average molecular weight is 306 g/mol. The maximum Gasteiger partial charge on any atom is 0.252 e. The third-order valence-electron chi connectivity index (χ3n) is 4.23. The third kappa shape index (κ3) is 3.12. The van der Waals surface area contributed by atoms with E-state index >= 15 is 0 Å². The molecule has 1 aromatic rings. The Morgan fingerprint density at radius 3 is 3.10 bits per heavy atom. The van der Waals surface area contributed by atoms with Gasteiger partial charge in [0.2, 0.25) is 0 Å². The van der Waals surface area contributed by atoms with Crippen molar-refractivity contribution in [2.24, 2.45) is 0 Å². The maximum absolute atomic E-state index is 12.4. The quantitative estimate of drug-likeness (QED) is 0.862. The molecule has 4 nitrogen and oxygen atoms in total. The summed E-state index contributed by atoms with van der Waals surface area (Å²) in [6.45, 7) is 3.55. The van der Waals surface area contributed by atoms with Crippen molar-refractivity contribution in [2.45, 2.75) is 44.9 Å². The Morgan fingerprint density at radius 2 is 2.33 bits per heavy atom. The molecule has 0 fully saturated rings. The van der Waals surface area contributed by atoms with Gasteiger partial charge in [-0.3, -0.25) is 4.79 Å². The highest BCUT2D eigenvalue weighted by molar-refractivity contribution is 7.11. The van der Waals surface area contributed by atoms with E-state index in [9.17, 15) is 4.79 Å². The first kappa shape index (κ1) is 14.6. The lowest BCUT2D eigenvalue weighted by molar-refractivity contribution is -0.126. The van der Waals surface area contributed by atoms with Crippen LogP contribution in [0.5, 0.6) is 0 Å². The molecule has 1 aliphatic carbocycles. The lowest BCUT2D eigenvalue weighted by Gasteiger charge is -2.27. The highest BCUT2D eigenvalue weighted by atomic mass is 32.1. The van der Waals surface area contributed by atoms with E-state index in [1.54, 1.807) is 6.26 Å². The van der Waals surface area contributed by atoms with Gasteiger partial charge in [-0.1, -0.05) is 0 Å². The summed E-state index contributed by atoms with van der Waals surface area (Å²) in [5.41, 5.74) is 2.03.